The average molecular weight is 343 g/mol. The summed E-state index contributed by atoms with van der Waals surface area (Å²) in [5.41, 5.74) is 12.0. The number of aryl methyl sites for hydroxylation is 6. The number of benzene rings is 3. The van der Waals surface area contributed by atoms with Crippen molar-refractivity contribution in [3.63, 3.8) is 0 Å². The normalized spacial score (nSPS) is 11.7. The van der Waals surface area contributed by atoms with Gasteiger partial charge in [0.25, 0.3) is 0 Å². The molecule has 0 nitrogen and oxygen atoms in total. The maximum atomic E-state index is 2.39. The van der Waals surface area contributed by atoms with Gasteiger partial charge in [-0.1, -0.05) is 65.7 Å². The van der Waals surface area contributed by atoms with Crippen LogP contribution in [-0.2, 0) is 5.41 Å². The van der Waals surface area contributed by atoms with Crippen LogP contribution in [0.1, 0.15) is 57.0 Å². The van der Waals surface area contributed by atoms with Crippen LogP contribution in [0.3, 0.4) is 0 Å². The van der Waals surface area contributed by atoms with Crippen LogP contribution in [0, 0.1) is 41.5 Å². The Kier molecular flexibility index (Phi) is 4.80. The fraction of sp³-hybridized carbons (Fsp3) is 0.308. The van der Waals surface area contributed by atoms with Crippen LogP contribution < -0.4 is 0 Å². The molecule has 0 aliphatic carbocycles. The first-order valence-electron chi connectivity index (χ1n) is 9.46. The Balaban J connectivity index is 2.40. The molecule has 0 fully saturated rings. The number of rotatable bonds is 3. The van der Waals surface area contributed by atoms with E-state index in [2.05, 4.69) is 103 Å². The highest BCUT2D eigenvalue weighted by atomic mass is 14.4. The van der Waals surface area contributed by atoms with Gasteiger partial charge in [-0.3, -0.25) is 0 Å². The lowest BCUT2D eigenvalue weighted by atomic mass is 9.67. The van der Waals surface area contributed by atoms with E-state index >= 15 is 0 Å². The maximum Gasteiger partial charge on any atom is 0.0428 e. The highest BCUT2D eigenvalue weighted by molar-refractivity contribution is 5.56. The third kappa shape index (κ3) is 3.09. The minimum atomic E-state index is -0.176. The van der Waals surface area contributed by atoms with E-state index in [9.17, 15) is 0 Å². The topological polar surface area (TPSA) is 0 Å². The molecule has 3 aromatic carbocycles. The van der Waals surface area contributed by atoms with E-state index in [1.807, 2.05) is 0 Å². The molecule has 0 radical (unpaired) electrons. The van der Waals surface area contributed by atoms with Crippen molar-refractivity contribution in [1.29, 1.82) is 0 Å². The summed E-state index contributed by atoms with van der Waals surface area (Å²) in [4.78, 5) is 0. The van der Waals surface area contributed by atoms with Crippen molar-refractivity contribution < 1.29 is 0 Å². The fourth-order valence-electron chi connectivity index (χ4n) is 4.06. The van der Waals surface area contributed by atoms with Gasteiger partial charge < -0.3 is 0 Å². The molecule has 0 amide bonds. The van der Waals surface area contributed by atoms with Crippen molar-refractivity contribution in [2.24, 2.45) is 0 Å². The van der Waals surface area contributed by atoms with Gasteiger partial charge in [0.05, 0.1) is 0 Å². The second-order valence-electron chi connectivity index (χ2n) is 8.06. The quantitative estimate of drug-likeness (QED) is 0.454. The smallest absolute Gasteiger partial charge is 0.0428 e. The molecule has 0 heteroatoms. The molecule has 0 atom stereocenters. The van der Waals surface area contributed by atoms with Gasteiger partial charge >= 0.3 is 0 Å². The summed E-state index contributed by atoms with van der Waals surface area (Å²) in [7, 11) is 0. The van der Waals surface area contributed by atoms with E-state index in [0.29, 0.717) is 0 Å². The van der Waals surface area contributed by atoms with E-state index in [-0.39, 0.29) is 5.41 Å². The predicted molar refractivity (Wildman–Crippen MR) is 113 cm³/mol. The lowest BCUT2D eigenvalue weighted by molar-refractivity contribution is 0.678. The number of hydrogen-bond donors (Lipinski definition) is 0. The predicted octanol–water partition coefficient (Wildman–Crippen LogP) is 6.89. The Morgan fingerprint density at radius 2 is 0.962 bits per heavy atom. The summed E-state index contributed by atoms with van der Waals surface area (Å²) in [6, 6.07) is 20.6. The zero-order chi connectivity index (χ0) is 19.1. The van der Waals surface area contributed by atoms with E-state index in [0.717, 1.165) is 0 Å². The molecule has 0 heterocycles. The van der Waals surface area contributed by atoms with Gasteiger partial charge in [0, 0.05) is 5.41 Å². The summed E-state index contributed by atoms with van der Waals surface area (Å²) >= 11 is 0. The summed E-state index contributed by atoms with van der Waals surface area (Å²) in [5, 5.41) is 0. The van der Waals surface area contributed by atoms with Crippen molar-refractivity contribution in [2.75, 3.05) is 0 Å². The van der Waals surface area contributed by atoms with E-state index in [4.69, 9.17) is 0 Å². The first-order valence-corrected chi connectivity index (χ1v) is 9.46. The standard InChI is InChI=1S/C26H30/c1-17-8-10-20(4)24(14-17)26(7,23-13-12-19(3)22(6)16-23)25-15-18(2)9-11-21(25)5/h8-16H,1-7H3. The van der Waals surface area contributed by atoms with Crippen LogP contribution in [0.4, 0.5) is 0 Å². The molecular weight excluding hydrogens is 312 g/mol. The monoisotopic (exact) mass is 342 g/mol. The first-order chi connectivity index (χ1) is 12.2. The molecule has 3 rings (SSSR count). The molecule has 0 aliphatic heterocycles. The van der Waals surface area contributed by atoms with Crippen LogP contribution in [0.25, 0.3) is 0 Å². The Labute approximate surface area is 158 Å². The lowest BCUT2D eigenvalue weighted by Gasteiger charge is -2.35. The highest BCUT2D eigenvalue weighted by Gasteiger charge is 2.34. The Bertz CT molecular complexity index is 908. The zero-order valence-corrected chi connectivity index (χ0v) is 17.2. The van der Waals surface area contributed by atoms with Crippen molar-refractivity contribution >= 4 is 0 Å². The summed E-state index contributed by atoms with van der Waals surface area (Å²) < 4.78 is 0. The fourth-order valence-corrected chi connectivity index (χ4v) is 4.06. The third-order valence-corrected chi connectivity index (χ3v) is 5.95. The third-order valence-electron chi connectivity index (χ3n) is 5.95. The molecule has 0 N–H and O–H groups in total. The summed E-state index contributed by atoms with van der Waals surface area (Å²) in [5.74, 6) is 0. The molecule has 0 saturated carbocycles. The van der Waals surface area contributed by atoms with Gasteiger partial charge in [-0.05, 0) is 87.4 Å². The second kappa shape index (κ2) is 6.76. The van der Waals surface area contributed by atoms with Crippen molar-refractivity contribution in [3.8, 4) is 0 Å². The first kappa shape index (κ1) is 18.5. The molecular formula is C26H30. The van der Waals surface area contributed by atoms with E-state index in [1.165, 1.54) is 50.1 Å². The van der Waals surface area contributed by atoms with Gasteiger partial charge in [0.1, 0.15) is 0 Å². The molecule has 26 heavy (non-hydrogen) atoms. The van der Waals surface area contributed by atoms with Gasteiger partial charge in [0.2, 0.25) is 0 Å². The van der Waals surface area contributed by atoms with Crippen LogP contribution in [0.2, 0.25) is 0 Å². The van der Waals surface area contributed by atoms with Gasteiger partial charge in [-0.2, -0.15) is 0 Å². The zero-order valence-electron chi connectivity index (χ0n) is 17.2. The molecule has 0 unspecified atom stereocenters. The minimum absolute atomic E-state index is 0.176. The molecule has 134 valence electrons. The molecule has 0 spiro atoms. The lowest BCUT2D eigenvalue weighted by Crippen LogP contribution is -2.28. The van der Waals surface area contributed by atoms with E-state index in [1.54, 1.807) is 0 Å². The minimum Gasteiger partial charge on any atom is -0.0590 e. The van der Waals surface area contributed by atoms with E-state index < -0.39 is 0 Å². The largest absolute Gasteiger partial charge is 0.0590 e. The van der Waals surface area contributed by atoms with Gasteiger partial charge in [-0.25, -0.2) is 0 Å². The highest BCUT2D eigenvalue weighted by Crippen LogP contribution is 2.42. The summed E-state index contributed by atoms with van der Waals surface area (Å²) in [6.07, 6.45) is 0. The van der Waals surface area contributed by atoms with Gasteiger partial charge in [0.15, 0.2) is 0 Å². The van der Waals surface area contributed by atoms with Crippen molar-refractivity contribution in [3.05, 3.63) is 105 Å². The Morgan fingerprint density at radius 1 is 0.500 bits per heavy atom. The molecule has 0 saturated heterocycles. The molecule has 0 aromatic heterocycles. The van der Waals surface area contributed by atoms with Crippen molar-refractivity contribution in [2.45, 2.75) is 53.9 Å². The molecule has 0 bridgehead atoms. The molecule has 3 aromatic rings. The number of hydrogen-bond acceptors (Lipinski definition) is 0. The maximum absolute atomic E-state index is 2.39. The van der Waals surface area contributed by atoms with Gasteiger partial charge in [-0.15, -0.1) is 0 Å². The molecule has 0 aliphatic rings. The van der Waals surface area contributed by atoms with Crippen LogP contribution >= 0.6 is 0 Å². The summed E-state index contributed by atoms with van der Waals surface area (Å²) in [6.45, 7) is 15.6. The van der Waals surface area contributed by atoms with Crippen LogP contribution in [-0.4, -0.2) is 0 Å². The average Bonchev–Trinajstić information content (AvgIpc) is 2.61. The Morgan fingerprint density at radius 3 is 1.42 bits per heavy atom. The SMILES string of the molecule is Cc1ccc(C)c(C(C)(c2ccc(C)c(C)c2)c2cc(C)ccc2C)c1. The Hall–Kier alpha value is -2.34. The van der Waals surface area contributed by atoms with Crippen LogP contribution in [0.15, 0.2) is 54.6 Å². The van der Waals surface area contributed by atoms with Crippen molar-refractivity contribution in [1.82, 2.24) is 0 Å². The second-order valence-corrected chi connectivity index (χ2v) is 8.06. The van der Waals surface area contributed by atoms with Crippen LogP contribution in [0.5, 0.6) is 0 Å².